The molecule has 0 saturated carbocycles. The van der Waals surface area contributed by atoms with Crippen molar-refractivity contribution in [1.29, 1.82) is 0 Å². The molecule has 0 atom stereocenters. The predicted octanol–water partition coefficient (Wildman–Crippen LogP) is 3.15. The van der Waals surface area contributed by atoms with Crippen LogP contribution in [0.1, 0.15) is 27.2 Å². The van der Waals surface area contributed by atoms with Crippen LogP contribution in [0, 0.1) is 5.92 Å². The van der Waals surface area contributed by atoms with E-state index in [1.807, 2.05) is 13.0 Å². The van der Waals surface area contributed by atoms with E-state index in [1.54, 1.807) is 14.2 Å². The Morgan fingerprint density at radius 3 is 2.14 bits per heavy atom. The van der Waals surface area contributed by atoms with Crippen molar-refractivity contribution in [2.24, 2.45) is 5.92 Å². The van der Waals surface area contributed by atoms with E-state index in [4.69, 9.17) is 9.47 Å². The number of ether oxygens (including phenoxy) is 2. The highest BCUT2D eigenvalue weighted by atomic mass is 16.7. The fourth-order valence-electron chi connectivity index (χ4n) is 1.16. The molecule has 0 saturated heterocycles. The molecular formula is C12H22O2. The van der Waals surface area contributed by atoms with Crippen LogP contribution in [-0.2, 0) is 9.47 Å². The van der Waals surface area contributed by atoms with Gasteiger partial charge in [0, 0.05) is 19.8 Å². The number of hydrogen-bond donors (Lipinski definition) is 0. The van der Waals surface area contributed by atoms with Crippen molar-refractivity contribution >= 4 is 0 Å². The van der Waals surface area contributed by atoms with Gasteiger partial charge in [-0.25, -0.2) is 0 Å². The molecule has 0 fully saturated rings. The highest BCUT2D eigenvalue weighted by Gasteiger charge is 2.07. The molecule has 0 aliphatic rings. The summed E-state index contributed by atoms with van der Waals surface area (Å²) in [5.74, 6) is 0.688. The normalized spacial score (nSPS) is 13.5. The quantitative estimate of drug-likeness (QED) is 0.482. The first-order chi connectivity index (χ1) is 6.65. The third-order valence-corrected chi connectivity index (χ3v) is 1.95. The molecule has 0 rings (SSSR count). The first kappa shape index (κ1) is 13.4. The molecular weight excluding hydrogens is 176 g/mol. The second-order valence-corrected chi connectivity index (χ2v) is 3.62. The minimum absolute atomic E-state index is 0.247. The van der Waals surface area contributed by atoms with Gasteiger partial charge in [-0.05, 0) is 19.3 Å². The zero-order valence-electron chi connectivity index (χ0n) is 9.91. The van der Waals surface area contributed by atoms with Crippen molar-refractivity contribution in [3.63, 3.8) is 0 Å². The monoisotopic (exact) mass is 198 g/mol. The molecule has 0 bridgehead atoms. The number of allylic oxidation sites excluding steroid dienone is 2. The Bertz CT molecular complexity index is 188. The molecule has 0 aromatic carbocycles. The number of hydrogen-bond acceptors (Lipinski definition) is 2. The Morgan fingerprint density at radius 1 is 1.21 bits per heavy atom. The largest absolute Gasteiger partial charge is 0.352 e. The Kier molecular flexibility index (Phi) is 7.44. The van der Waals surface area contributed by atoms with Crippen molar-refractivity contribution in [3.05, 3.63) is 23.8 Å². The molecule has 0 radical (unpaired) electrons. The Hall–Kier alpha value is -0.600. The van der Waals surface area contributed by atoms with E-state index < -0.39 is 0 Å². The highest BCUT2D eigenvalue weighted by Crippen LogP contribution is 2.10. The summed E-state index contributed by atoms with van der Waals surface area (Å²) < 4.78 is 10.3. The molecule has 2 heteroatoms. The molecule has 2 nitrogen and oxygen atoms in total. The molecule has 0 aromatic heterocycles. The SMILES string of the molecule is CC=C(/C=C\CC(C)C)C(OC)OC. The summed E-state index contributed by atoms with van der Waals surface area (Å²) in [5, 5.41) is 0. The van der Waals surface area contributed by atoms with Crippen molar-refractivity contribution in [1.82, 2.24) is 0 Å². The lowest BCUT2D eigenvalue weighted by Gasteiger charge is -2.14. The van der Waals surface area contributed by atoms with Gasteiger partial charge in [-0.3, -0.25) is 0 Å². The summed E-state index contributed by atoms with van der Waals surface area (Å²) >= 11 is 0. The van der Waals surface area contributed by atoms with Gasteiger partial charge in [0.05, 0.1) is 0 Å². The van der Waals surface area contributed by atoms with Gasteiger partial charge in [-0.1, -0.05) is 32.1 Å². The molecule has 14 heavy (non-hydrogen) atoms. The van der Waals surface area contributed by atoms with E-state index in [9.17, 15) is 0 Å². The fourth-order valence-corrected chi connectivity index (χ4v) is 1.16. The topological polar surface area (TPSA) is 18.5 Å². The third-order valence-electron chi connectivity index (χ3n) is 1.95. The zero-order chi connectivity index (χ0) is 11.0. The molecule has 0 aliphatic carbocycles. The summed E-state index contributed by atoms with van der Waals surface area (Å²) in [6, 6.07) is 0. The summed E-state index contributed by atoms with van der Waals surface area (Å²) in [5.41, 5.74) is 1.07. The van der Waals surface area contributed by atoms with Crippen molar-refractivity contribution in [2.75, 3.05) is 14.2 Å². The van der Waals surface area contributed by atoms with Crippen molar-refractivity contribution in [2.45, 2.75) is 33.5 Å². The van der Waals surface area contributed by atoms with Crippen molar-refractivity contribution < 1.29 is 9.47 Å². The molecule has 0 amide bonds. The van der Waals surface area contributed by atoms with E-state index in [0.29, 0.717) is 5.92 Å². The molecule has 82 valence electrons. The summed E-state index contributed by atoms with van der Waals surface area (Å²) in [6.07, 6.45) is 7.07. The predicted molar refractivity (Wildman–Crippen MR) is 60.2 cm³/mol. The maximum absolute atomic E-state index is 5.17. The van der Waals surface area contributed by atoms with Crippen LogP contribution in [0.4, 0.5) is 0 Å². The van der Waals surface area contributed by atoms with Crippen LogP contribution in [-0.4, -0.2) is 20.5 Å². The lowest BCUT2D eigenvalue weighted by Crippen LogP contribution is -2.14. The first-order valence-corrected chi connectivity index (χ1v) is 5.04. The fraction of sp³-hybridized carbons (Fsp3) is 0.667. The Balaban J connectivity index is 4.22. The summed E-state index contributed by atoms with van der Waals surface area (Å²) in [6.45, 7) is 6.38. The maximum atomic E-state index is 5.17. The highest BCUT2D eigenvalue weighted by molar-refractivity contribution is 5.20. The minimum atomic E-state index is -0.247. The lowest BCUT2D eigenvalue weighted by molar-refractivity contribution is -0.0725. The van der Waals surface area contributed by atoms with Crippen LogP contribution in [0.25, 0.3) is 0 Å². The van der Waals surface area contributed by atoms with Gasteiger partial charge in [0.15, 0.2) is 6.29 Å². The van der Waals surface area contributed by atoms with E-state index in [2.05, 4.69) is 26.0 Å². The van der Waals surface area contributed by atoms with Gasteiger partial charge in [-0.15, -0.1) is 0 Å². The first-order valence-electron chi connectivity index (χ1n) is 5.04. The standard InChI is InChI=1S/C12H22O2/c1-6-11(12(13-4)14-5)9-7-8-10(2)3/h6-7,9-10,12H,8H2,1-5H3/b9-7-,11-6?. The molecule has 0 aliphatic heterocycles. The van der Waals surface area contributed by atoms with Crippen LogP contribution in [0.5, 0.6) is 0 Å². The summed E-state index contributed by atoms with van der Waals surface area (Å²) in [4.78, 5) is 0. The van der Waals surface area contributed by atoms with E-state index in [-0.39, 0.29) is 6.29 Å². The molecule has 0 aromatic rings. The van der Waals surface area contributed by atoms with Crippen LogP contribution in [0.2, 0.25) is 0 Å². The van der Waals surface area contributed by atoms with Gasteiger partial charge in [0.25, 0.3) is 0 Å². The molecule has 0 heterocycles. The van der Waals surface area contributed by atoms with E-state index in [1.165, 1.54) is 0 Å². The Labute approximate surface area is 87.6 Å². The molecule has 0 N–H and O–H groups in total. The zero-order valence-corrected chi connectivity index (χ0v) is 9.91. The van der Waals surface area contributed by atoms with Crippen LogP contribution in [0.15, 0.2) is 23.8 Å². The van der Waals surface area contributed by atoms with Gasteiger partial charge in [0.2, 0.25) is 0 Å². The molecule has 0 unspecified atom stereocenters. The van der Waals surface area contributed by atoms with Crippen molar-refractivity contribution in [3.8, 4) is 0 Å². The van der Waals surface area contributed by atoms with E-state index >= 15 is 0 Å². The van der Waals surface area contributed by atoms with Gasteiger partial charge in [-0.2, -0.15) is 0 Å². The van der Waals surface area contributed by atoms with Crippen LogP contribution in [0.3, 0.4) is 0 Å². The Morgan fingerprint density at radius 2 is 1.79 bits per heavy atom. The lowest BCUT2D eigenvalue weighted by atomic mass is 10.1. The van der Waals surface area contributed by atoms with E-state index in [0.717, 1.165) is 12.0 Å². The maximum Gasteiger partial charge on any atom is 0.182 e. The van der Waals surface area contributed by atoms with Crippen LogP contribution >= 0.6 is 0 Å². The van der Waals surface area contributed by atoms with Gasteiger partial charge >= 0.3 is 0 Å². The summed E-state index contributed by atoms with van der Waals surface area (Å²) in [7, 11) is 3.29. The van der Waals surface area contributed by atoms with Crippen LogP contribution < -0.4 is 0 Å². The number of methoxy groups -OCH3 is 2. The third kappa shape index (κ3) is 5.20. The number of rotatable bonds is 6. The second-order valence-electron chi connectivity index (χ2n) is 3.62. The minimum Gasteiger partial charge on any atom is -0.352 e. The average molecular weight is 198 g/mol. The average Bonchev–Trinajstić information content (AvgIpc) is 2.16. The second kappa shape index (κ2) is 7.77. The molecule has 0 spiro atoms. The van der Waals surface area contributed by atoms with Gasteiger partial charge in [0.1, 0.15) is 0 Å². The smallest absolute Gasteiger partial charge is 0.182 e. The van der Waals surface area contributed by atoms with Gasteiger partial charge < -0.3 is 9.47 Å².